The van der Waals surface area contributed by atoms with Crippen molar-refractivity contribution in [2.45, 2.75) is 71.3 Å². The smallest absolute Gasteiger partial charge is 0.109 e. The molecule has 5 aliphatic rings. The first-order chi connectivity index (χ1) is 9.93. The molecule has 0 saturated heterocycles. The molecule has 4 saturated carbocycles. The van der Waals surface area contributed by atoms with E-state index in [2.05, 4.69) is 32.3 Å². The predicted molar refractivity (Wildman–Crippen MR) is 86.0 cm³/mol. The molecule has 3 atom stereocenters. The third-order valence-electron chi connectivity index (χ3n) is 6.80. The highest BCUT2D eigenvalue weighted by Gasteiger charge is 2.60. The molecule has 0 spiro atoms. The van der Waals surface area contributed by atoms with Gasteiger partial charge in [-0.3, -0.25) is 0 Å². The van der Waals surface area contributed by atoms with E-state index in [-0.39, 0.29) is 0 Å². The van der Waals surface area contributed by atoms with E-state index in [9.17, 15) is 0 Å². The monoisotopic (exact) mass is 289 g/mol. The first-order valence-electron chi connectivity index (χ1n) is 8.94. The van der Waals surface area contributed by atoms with Crippen molar-refractivity contribution in [3.05, 3.63) is 11.8 Å². The number of hydrogen-bond donors (Lipinski definition) is 1. The molecule has 1 N–H and O–H groups in total. The Kier molecular flexibility index (Phi) is 3.03. The molecule has 3 unspecified atom stereocenters. The Morgan fingerprint density at radius 1 is 1.19 bits per heavy atom. The molecule has 4 fully saturated rings. The maximum absolute atomic E-state index is 5.87. The summed E-state index contributed by atoms with van der Waals surface area (Å²) in [5.74, 6) is 2.22. The maximum atomic E-state index is 5.87. The zero-order chi connectivity index (χ0) is 14.7. The van der Waals surface area contributed by atoms with Crippen LogP contribution in [0.25, 0.3) is 0 Å². The number of ether oxygens (including phenoxy) is 1. The van der Waals surface area contributed by atoms with Crippen LogP contribution in [0.2, 0.25) is 0 Å². The molecule has 2 nitrogen and oxygen atoms in total. The van der Waals surface area contributed by atoms with E-state index in [1.54, 1.807) is 0 Å². The Labute approximate surface area is 129 Å². The quantitative estimate of drug-likeness (QED) is 0.834. The standard InChI is InChI=1S/C19H31NO/c1-17-7-14-8-18(2,11-17)13-19(9-14,12-17)10-15(20-3)16-5-4-6-21-16/h5,14-15,20H,4,6-13H2,1-3H3. The van der Waals surface area contributed by atoms with Crippen molar-refractivity contribution >= 4 is 0 Å². The van der Waals surface area contributed by atoms with Crippen molar-refractivity contribution in [2.75, 3.05) is 13.7 Å². The van der Waals surface area contributed by atoms with Crippen LogP contribution in [0.3, 0.4) is 0 Å². The molecule has 5 rings (SSSR count). The van der Waals surface area contributed by atoms with Crippen LogP contribution >= 0.6 is 0 Å². The van der Waals surface area contributed by atoms with Gasteiger partial charge in [0.25, 0.3) is 0 Å². The van der Waals surface area contributed by atoms with Crippen molar-refractivity contribution in [3.63, 3.8) is 0 Å². The van der Waals surface area contributed by atoms with E-state index < -0.39 is 0 Å². The Morgan fingerprint density at radius 3 is 2.43 bits per heavy atom. The van der Waals surface area contributed by atoms with Crippen molar-refractivity contribution in [1.29, 1.82) is 0 Å². The molecule has 0 aromatic heterocycles. The van der Waals surface area contributed by atoms with E-state index in [4.69, 9.17) is 4.74 Å². The molecular formula is C19H31NO. The maximum Gasteiger partial charge on any atom is 0.109 e. The van der Waals surface area contributed by atoms with Gasteiger partial charge in [0.1, 0.15) is 5.76 Å². The van der Waals surface area contributed by atoms with Crippen molar-refractivity contribution in [2.24, 2.45) is 22.2 Å². The zero-order valence-electron chi connectivity index (χ0n) is 14.0. The van der Waals surface area contributed by atoms with Gasteiger partial charge in [-0.25, -0.2) is 0 Å². The van der Waals surface area contributed by atoms with Crippen LogP contribution in [0.1, 0.15) is 65.2 Å². The van der Waals surface area contributed by atoms with Gasteiger partial charge in [0.15, 0.2) is 0 Å². The molecule has 0 aromatic carbocycles. The van der Waals surface area contributed by atoms with Crippen LogP contribution in [0.4, 0.5) is 0 Å². The Morgan fingerprint density at radius 2 is 1.90 bits per heavy atom. The predicted octanol–water partition coefficient (Wildman–Crippen LogP) is 4.27. The highest BCUT2D eigenvalue weighted by molar-refractivity contribution is 5.14. The van der Waals surface area contributed by atoms with E-state index in [0.29, 0.717) is 22.3 Å². The number of nitrogens with one attached hydrogen (secondary N) is 1. The lowest BCUT2D eigenvalue weighted by Crippen LogP contribution is -2.56. The fourth-order valence-corrected chi connectivity index (χ4v) is 7.37. The van der Waals surface area contributed by atoms with E-state index >= 15 is 0 Å². The summed E-state index contributed by atoms with van der Waals surface area (Å²) >= 11 is 0. The average Bonchev–Trinajstić information content (AvgIpc) is 2.85. The Bertz CT molecular complexity index is 450. The summed E-state index contributed by atoms with van der Waals surface area (Å²) in [5, 5.41) is 3.55. The van der Waals surface area contributed by atoms with Gasteiger partial charge in [0.2, 0.25) is 0 Å². The number of rotatable bonds is 4. The van der Waals surface area contributed by atoms with Gasteiger partial charge in [-0.15, -0.1) is 0 Å². The molecule has 0 radical (unpaired) electrons. The van der Waals surface area contributed by atoms with Gasteiger partial charge in [-0.2, -0.15) is 0 Å². The minimum atomic E-state index is 0.441. The third-order valence-corrected chi connectivity index (χ3v) is 6.80. The van der Waals surface area contributed by atoms with Gasteiger partial charge in [-0.05, 0) is 80.2 Å². The van der Waals surface area contributed by atoms with Gasteiger partial charge >= 0.3 is 0 Å². The summed E-state index contributed by atoms with van der Waals surface area (Å²) in [6, 6.07) is 0.441. The second kappa shape index (κ2) is 4.50. The molecule has 2 heteroatoms. The molecule has 0 amide bonds. The normalized spacial score (nSPS) is 49.1. The number of hydrogen-bond acceptors (Lipinski definition) is 2. The molecule has 1 aliphatic heterocycles. The van der Waals surface area contributed by atoms with Crippen LogP contribution in [0.15, 0.2) is 11.8 Å². The van der Waals surface area contributed by atoms with Gasteiger partial charge < -0.3 is 10.1 Å². The molecule has 4 bridgehead atoms. The van der Waals surface area contributed by atoms with E-state index in [1.807, 2.05) is 0 Å². The second-order valence-electron chi connectivity index (χ2n) is 9.42. The van der Waals surface area contributed by atoms with Crippen LogP contribution in [-0.4, -0.2) is 19.7 Å². The highest BCUT2D eigenvalue weighted by Crippen LogP contribution is 2.70. The largest absolute Gasteiger partial charge is 0.496 e. The first kappa shape index (κ1) is 14.1. The van der Waals surface area contributed by atoms with E-state index in [0.717, 1.165) is 18.9 Å². The molecule has 21 heavy (non-hydrogen) atoms. The lowest BCUT2D eigenvalue weighted by atomic mass is 9.39. The molecule has 1 heterocycles. The summed E-state index contributed by atoms with van der Waals surface area (Å²) < 4.78 is 5.87. The summed E-state index contributed by atoms with van der Waals surface area (Å²) in [4.78, 5) is 0. The zero-order valence-corrected chi connectivity index (χ0v) is 14.0. The average molecular weight is 289 g/mol. The summed E-state index contributed by atoms with van der Waals surface area (Å²) in [7, 11) is 2.11. The van der Waals surface area contributed by atoms with Crippen molar-refractivity contribution in [3.8, 4) is 0 Å². The second-order valence-corrected chi connectivity index (χ2v) is 9.42. The lowest BCUT2D eigenvalue weighted by Gasteiger charge is -2.66. The lowest BCUT2D eigenvalue weighted by molar-refractivity contribution is -0.149. The summed E-state index contributed by atoms with van der Waals surface area (Å²) in [6.45, 7) is 6.03. The summed E-state index contributed by atoms with van der Waals surface area (Å²) in [5.41, 5.74) is 1.82. The van der Waals surface area contributed by atoms with Crippen molar-refractivity contribution < 1.29 is 4.74 Å². The number of likely N-dealkylation sites (N-methyl/N-ethyl adjacent to an activating group) is 1. The molecule has 4 aliphatic carbocycles. The third kappa shape index (κ3) is 2.34. The minimum absolute atomic E-state index is 0.441. The fraction of sp³-hybridized carbons (Fsp3) is 0.895. The van der Waals surface area contributed by atoms with Crippen LogP contribution < -0.4 is 5.32 Å². The van der Waals surface area contributed by atoms with Crippen LogP contribution in [0, 0.1) is 22.2 Å². The topological polar surface area (TPSA) is 21.3 Å². The highest BCUT2D eigenvalue weighted by atomic mass is 16.5. The van der Waals surface area contributed by atoms with Gasteiger partial charge in [-0.1, -0.05) is 13.8 Å². The van der Waals surface area contributed by atoms with E-state index in [1.165, 1.54) is 50.7 Å². The van der Waals surface area contributed by atoms with Crippen LogP contribution in [0.5, 0.6) is 0 Å². The minimum Gasteiger partial charge on any atom is -0.496 e. The van der Waals surface area contributed by atoms with Crippen molar-refractivity contribution in [1.82, 2.24) is 5.32 Å². The molecule has 0 aromatic rings. The molecular weight excluding hydrogens is 258 g/mol. The Balaban J connectivity index is 1.59. The first-order valence-corrected chi connectivity index (χ1v) is 8.94. The van der Waals surface area contributed by atoms with Crippen LogP contribution in [-0.2, 0) is 4.74 Å². The Hall–Kier alpha value is -0.500. The SMILES string of the molecule is CNC(CC12CC3CC(C)(CC(C)(C3)C1)C2)C1=CCCO1. The fourth-order valence-electron chi connectivity index (χ4n) is 7.37. The summed E-state index contributed by atoms with van der Waals surface area (Å²) in [6.07, 6.45) is 13.5. The van der Waals surface area contributed by atoms with Gasteiger partial charge in [0, 0.05) is 6.42 Å². The van der Waals surface area contributed by atoms with Gasteiger partial charge in [0.05, 0.1) is 12.6 Å². The molecule has 118 valence electrons.